The standard InChI is InChI=1S/C15H31N3O2/c1-18(14-7-4-3-5-8-14)11-6-9-16-13-15(19)17-10-12-20-2/h14,16H,3-13H2,1-2H3,(H,17,19). The van der Waals surface area contributed by atoms with Crippen LogP contribution in [0.25, 0.3) is 0 Å². The molecular formula is C15H31N3O2. The topological polar surface area (TPSA) is 53.6 Å². The second-order valence-corrected chi connectivity index (χ2v) is 5.65. The van der Waals surface area contributed by atoms with Crippen molar-refractivity contribution in [3.8, 4) is 0 Å². The van der Waals surface area contributed by atoms with Gasteiger partial charge in [0.05, 0.1) is 13.2 Å². The largest absolute Gasteiger partial charge is 0.383 e. The number of nitrogens with one attached hydrogen (secondary N) is 2. The molecule has 0 atom stereocenters. The molecule has 1 rings (SSSR count). The van der Waals surface area contributed by atoms with Crippen molar-refractivity contribution in [2.75, 3.05) is 46.9 Å². The van der Waals surface area contributed by atoms with Crippen molar-refractivity contribution in [3.05, 3.63) is 0 Å². The van der Waals surface area contributed by atoms with Gasteiger partial charge in [0.2, 0.25) is 5.91 Å². The highest BCUT2D eigenvalue weighted by Crippen LogP contribution is 2.21. The molecule has 5 heteroatoms. The number of rotatable bonds is 10. The van der Waals surface area contributed by atoms with Crippen LogP contribution in [0.5, 0.6) is 0 Å². The van der Waals surface area contributed by atoms with E-state index in [4.69, 9.17) is 4.74 Å². The molecule has 5 nitrogen and oxygen atoms in total. The lowest BCUT2D eigenvalue weighted by molar-refractivity contribution is -0.120. The predicted molar refractivity (Wildman–Crippen MR) is 81.9 cm³/mol. The minimum Gasteiger partial charge on any atom is -0.383 e. The summed E-state index contributed by atoms with van der Waals surface area (Å²) in [6.45, 7) is 3.56. The van der Waals surface area contributed by atoms with Gasteiger partial charge in [0.15, 0.2) is 0 Å². The second-order valence-electron chi connectivity index (χ2n) is 5.65. The third-order valence-corrected chi connectivity index (χ3v) is 3.98. The number of hydrogen-bond donors (Lipinski definition) is 2. The molecule has 0 bridgehead atoms. The molecule has 0 radical (unpaired) electrons. The van der Waals surface area contributed by atoms with Crippen molar-refractivity contribution in [2.45, 2.75) is 44.6 Å². The van der Waals surface area contributed by atoms with Gasteiger partial charge in [0.25, 0.3) is 0 Å². The molecule has 0 aromatic heterocycles. The van der Waals surface area contributed by atoms with Crippen molar-refractivity contribution in [1.29, 1.82) is 0 Å². The smallest absolute Gasteiger partial charge is 0.234 e. The number of amides is 1. The van der Waals surface area contributed by atoms with Crippen LogP contribution in [0.15, 0.2) is 0 Å². The molecule has 0 aromatic carbocycles. The van der Waals surface area contributed by atoms with E-state index in [0.717, 1.165) is 25.6 Å². The Morgan fingerprint density at radius 3 is 2.70 bits per heavy atom. The van der Waals surface area contributed by atoms with Gasteiger partial charge < -0.3 is 20.3 Å². The summed E-state index contributed by atoms with van der Waals surface area (Å²) < 4.78 is 4.88. The zero-order chi connectivity index (χ0) is 14.6. The van der Waals surface area contributed by atoms with Gasteiger partial charge in [-0.25, -0.2) is 0 Å². The van der Waals surface area contributed by atoms with Gasteiger partial charge in [-0.3, -0.25) is 4.79 Å². The Morgan fingerprint density at radius 1 is 1.25 bits per heavy atom. The van der Waals surface area contributed by atoms with Crippen LogP contribution in [0.2, 0.25) is 0 Å². The van der Waals surface area contributed by atoms with Gasteiger partial charge >= 0.3 is 0 Å². The van der Waals surface area contributed by atoms with Crippen molar-refractivity contribution >= 4 is 5.91 Å². The van der Waals surface area contributed by atoms with E-state index in [1.54, 1.807) is 7.11 Å². The fourth-order valence-electron chi connectivity index (χ4n) is 2.71. The predicted octanol–water partition coefficient (Wildman–Crippen LogP) is 0.993. The van der Waals surface area contributed by atoms with Crippen LogP contribution in [0.3, 0.4) is 0 Å². The first kappa shape index (κ1) is 17.4. The normalized spacial score (nSPS) is 16.6. The number of nitrogens with zero attached hydrogens (tertiary/aromatic N) is 1. The average Bonchev–Trinajstić information content (AvgIpc) is 2.48. The molecule has 0 aromatic rings. The summed E-state index contributed by atoms with van der Waals surface area (Å²) in [6, 6.07) is 0.779. The average molecular weight is 285 g/mol. The SMILES string of the molecule is COCCNC(=O)CNCCCN(C)C1CCCCC1. The Hall–Kier alpha value is -0.650. The van der Waals surface area contributed by atoms with Crippen LogP contribution in [0.4, 0.5) is 0 Å². The van der Waals surface area contributed by atoms with Gasteiger partial charge in [-0.1, -0.05) is 19.3 Å². The highest BCUT2D eigenvalue weighted by Gasteiger charge is 2.17. The third-order valence-electron chi connectivity index (χ3n) is 3.98. The molecule has 1 amide bonds. The summed E-state index contributed by atoms with van der Waals surface area (Å²) in [4.78, 5) is 13.9. The number of carbonyl (C=O) groups excluding carboxylic acids is 1. The van der Waals surface area contributed by atoms with Gasteiger partial charge in [0.1, 0.15) is 0 Å². The quantitative estimate of drug-likeness (QED) is 0.588. The fourth-order valence-corrected chi connectivity index (χ4v) is 2.71. The molecule has 0 unspecified atom stereocenters. The number of methoxy groups -OCH3 is 1. The van der Waals surface area contributed by atoms with Crippen molar-refractivity contribution < 1.29 is 9.53 Å². The Balaban J connectivity index is 1.94. The lowest BCUT2D eigenvalue weighted by atomic mass is 9.94. The monoisotopic (exact) mass is 285 g/mol. The first-order valence-corrected chi connectivity index (χ1v) is 7.90. The molecule has 1 saturated carbocycles. The number of hydrogen-bond acceptors (Lipinski definition) is 4. The second kappa shape index (κ2) is 11.1. The third kappa shape index (κ3) is 7.82. The molecule has 20 heavy (non-hydrogen) atoms. The van der Waals surface area contributed by atoms with Gasteiger partial charge in [-0.05, 0) is 39.4 Å². The Kier molecular flexibility index (Phi) is 9.62. The van der Waals surface area contributed by atoms with E-state index in [1.165, 1.54) is 32.1 Å². The maximum Gasteiger partial charge on any atom is 0.234 e. The Labute approximate surface area is 123 Å². The number of ether oxygens (including phenoxy) is 1. The van der Waals surface area contributed by atoms with Gasteiger partial charge in [-0.15, -0.1) is 0 Å². The first-order valence-electron chi connectivity index (χ1n) is 7.90. The lowest BCUT2D eigenvalue weighted by Crippen LogP contribution is -2.38. The molecule has 2 N–H and O–H groups in total. The maximum atomic E-state index is 11.4. The van der Waals surface area contributed by atoms with Crippen LogP contribution >= 0.6 is 0 Å². The Bertz CT molecular complexity index is 256. The molecular weight excluding hydrogens is 254 g/mol. The van der Waals surface area contributed by atoms with Crippen molar-refractivity contribution in [1.82, 2.24) is 15.5 Å². The maximum absolute atomic E-state index is 11.4. The molecule has 0 aliphatic heterocycles. The molecule has 0 saturated heterocycles. The van der Waals surface area contributed by atoms with Crippen LogP contribution in [-0.4, -0.2) is 63.8 Å². The molecule has 0 spiro atoms. The first-order chi connectivity index (χ1) is 9.74. The molecule has 1 aliphatic rings. The Morgan fingerprint density at radius 2 is 2.00 bits per heavy atom. The summed E-state index contributed by atoms with van der Waals surface area (Å²) in [6.07, 6.45) is 7.98. The van der Waals surface area contributed by atoms with Crippen LogP contribution in [0.1, 0.15) is 38.5 Å². The van der Waals surface area contributed by atoms with Crippen LogP contribution in [0, 0.1) is 0 Å². The van der Waals surface area contributed by atoms with Crippen LogP contribution in [-0.2, 0) is 9.53 Å². The zero-order valence-corrected chi connectivity index (χ0v) is 13.1. The van der Waals surface area contributed by atoms with E-state index in [9.17, 15) is 4.79 Å². The van der Waals surface area contributed by atoms with Crippen molar-refractivity contribution in [3.63, 3.8) is 0 Å². The van der Waals surface area contributed by atoms with E-state index < -0.39 is 0 Å². The molecule has 1 aliphatic carbocycles. The van der Waals surface area contributed by atoms with E-state index in [0.29, 0.717) is 19.7 Å². The summed E-state index contributed by atoms with van der Waals surface area (Å²) >= 11 is 0. The minimum absolute atomic E-state index is 0.0442. The van der Waals surface area contributed by atoms with E-state index >= 15 is 0 Å². The summed E-state index contributed by atoms with van der Waals surface area (Å²) in [5.74, 6) is 0.0442. The van der Waals surface area contributed by atoms with E-state index in [1.807, 2.05) is 0 Å². The highest BCUT2D eigenvalue weighted by atomic mass is 16.5. The van der Waals surface area contributed by atoms with E-state index in [-0.39, 0.29) is 5.91 Å². The van der Waals surface area contributed by atoms with Gasteiger partial charge in [0, 0.05) is 19.7 Å². The van der Waals surface area contributed by atoms with Crippen LogP contribution < -0.4 is 10.6 Å². The van der Waals surface area contributed by atoms with E-state index in [2.05, 4.69) is 22.6 Å². The summed E-state index contributed by atoms with van der Waals surface area (Å²) in [5, 5.41) is 5.99. The summed E-state index contributed by atoms with van der Waals surface area (Å²) in [7, 11) is 3.86. The van der Waals surface area contributed by atoms with Gasteiger partial charge in [-0.2, -0.15) is 0 Å². The molecule has 0 heterocycles. The zero-order valence-electron chi connectivity index (χ0n) is 13.1. The summed E-state index contributed by atoms with van der Waals surface area (Å²) in [5.41, 5.74) is 0. The molecule has 1 fully saturated rings. The highest BCUT2D eigenvalue weighted by molar-refractivity contribution is 5.77. The molecule has 118 valence electrons. The lowest BCUT2D eigenvalue weighted by Gasteiger charge is -2.31. The minimum atomic E-state index is 0.0442. The number of carbonyl (C=O) groups is 1. The van der Waals surface area contributed by atoms with Crippen molar-refractivity contribution in [2.24, 2.45) is 0 Å². The fraction of sp³-hybridized carbons (Fsp3) is 0.933.